The molecule has 25 heavy (non-hydrogen) atoms. The van der Waals surface area contributed by atoms with Gasteiger partial charge in [0.2, 0.25) is 0 Å². The highest BCUT2D eigenvalue weighted by atomic mass is 16.3. The lowest BCUT2D eigenvalue weighted by Crippen LogP contribution is -2.27. The van der Waals surface area contributed by atoms with E-state index in [2.05, 4.69) is 11.9 Å². The number of Topliss-reactive ketones (excluding diaryl/α,β-unsaturated/α-hetero) is 1. The lowest BCUT2D eigenvalue weighted by atomic mass is 9.94. The number of amides is 1. The van der Waals surface area contributed by atoms with E-state index in [9.17, 15) is 9.59 Å². The number of aromatic nitrogens is 1. The number of hydrogen-bond donors (Lipinski definition) is 1. The van der Waals surface area contributed by atoms with Gasteiger partial charge in [0.25, 0.3) is 5.91 Å². The maximum absolute atomic E-state index is 12.8. The monoisotopic (exact) mass is 340 g/mol. The van der Waals surface area contributed by atoms with Crippen LogP contribution in [0.5, 0.6) is 0 Å². The molecule has 5 nitrogen and oxygen atoms in total. The second-order valence-electron chi connectivity index (χ2n) is 7.54. The highest BCUT2D eigenvalue weighted by Gasteiger charge is 2.36. The molecule has 2 aromatic heterocycles. The summed E-state index contributed by atoms with van der Waals surface area (Å²) in [6, 6.07) is 3.99. The first-order chi connectivity index (χ1) is 12.0. The third-order valence-electron chi connectivity index (χ3n) is 5.55. The fourth-order valence-corrected chi connectivity index (χ4v) is 3.88. The second-order valence-corrected chi connectivity index (χ2v) is 7.54. The molecule has 2 aromatic rings. The van der Waals surface area contributed by atoms with Gasteiger partial charge in [-0.05, 0) is 49.8 Å². The van der Waals surface area contributed by atoms with E-state index in [4.69, 9.17) is 4.42 Å². The molecule has 0 radical (unpaired) electrons. The summed E-state index contributed by atoms with van der Waals surface area (Å²) in [7, 11) is 1.77. The second kappa shape index (κ2) is 5.90. The van der Waals surface area contributed by atoms with Crippen molar-refractivity contribution in [3.05, 3.63) is 46.2 Å². The van der Waals surface area contributed by atoms with Crippen molar-refractivity contribution in [1.82, 2.24) is 9.88 Å². The first kappa shape index (κ1) is 16.2. The zero-order valence-corrected chi connectivity index (χ0v) is 15.0. The third kappa shape index (κ3) is 2.81. The van der Waals surface area contributed by atoms with Crippen LogP contribution in [0.15, 0.2) is 16.5 Å². The van der Waals surface area contributed by atoms with Gasteiger partial charge in [-0.25, -0.2) is 0 Å². The SMILES string of the molecule is Cc1c(C(=O)N(C)Cc2ccc([C@@H]3C[C@@H]3C)o2)[nH]c2c1C(=O)CCC2. The summed E-state index contributed by atoms with van der Waals surface area (Å²) < 4.78 is 5.91. The quantitative estimate of drug-likeness (QED) is 0.920. The van der Waals surface area contributed by atoms with Gasteiger partial charge in [-0.1, -0.05) is 6.92 Å². The molecule has 0 unspecified atom stereocenters. The number of aryl methyl sites for hydroxylation is 1. The van der Waals surface area contributed by atoms with Crippen LogP contribution in [0.2, 0.25) is 0 Å². The molecule has 2 heterocycles. The van der Waals surface area contributed by atoms with Crippen molar-refractivity contribution in [1.29, 1.82) is 0 Å². The Hall–Kier alpha value is -2.30. The average Bonchev–Trinajstić information content (AvgIpc) is 2.99. The molecule has 5 heteroatoms. The lowest BCUT2D eigenvalue weighted by molar-refractivity contribution is 0.0768. The first-order valence-electron chi connectivity index (χ1n) is 9.04. The molecule has 0 spiro atoms. The number of carbonyl (C=O) groups excluding carboxylic acids is 2. The van der Waals surface area contributed by atoms with Gasteiger partial charge in [-0.2, -0.15) is 0 Å². The first-order valence-corrected chi connectivity index (χ1v) is 9.04. The van der Waals surface area contributed by atoms with Crippen LogP contribution in [0.1, 0.15) is 75.7 Å². The topological polar surface area (TPSA) is 66.3 Å². The maximum atomic E-state index is 12.8. The van der Waals surface area contributed by atoms with E-state index in [0.717, 1.165) is 41.2 Å². The minimum absolute atomic E-state index is 0.0996. The summed E-state index contributed by atoms with van der Waals surface area (Å²) in [6.45, 7) is 4.51. The van der Waals surface area contributed by atoms with E-state index in [1.807, 2.05) is 19.1 Å². The number of carbonyl (C=O) groups is 2. The van der Waals surface area contributed by atoms with Crippen LogP contribution < -0.4 is 0 Å². The van der Waals surface area contributed by atoms with Crippen molar-refractivity contribution in [2.24, 2.45) is 5.92 Å². The van der Waals surface area contributed by atoms with Crippen molar-refractivity contribution >= 4 is 11.7 Å². The van der Waals surface area contributed by atoms with Gasteiger partial charge in [-0.15, -0.1) is 0 Å². The van der Waals surface area contributed by atoms with E-state index in [1.54, 1.807) is 11.9 Å². The molecule has 0 aromatic carbocycles. The fourth-order valence-electron chi connectivity index (χ4n) is 3.88. The van der Waals surface area contributed by atoms with Crippen LogP contribution in [0, 0.1) is 12.8 Å². The van der Waals surface area contributed by atoms with Gasteiger partial charge in [0.05, 0.1) is 6.54 Å². The Morgan fingerprint density at radius 1 is 1.36 bits per heavy atom. The van der Waals surface area contributed by atoms with Crippen LogP contribution in [-0.2, 0) is 13.0 Å². The summed E-state index contributed by atoms with van der Waals surface area (Å²) in [5, 5.41) is 0. The predicted octanol–water partition coefficient (Wildman–Crippen LogP) is 3.83. The molecule has 0 aliphatic heterocycles. The van der Waals surface area contributed by atoms with Gasteiger partial charge in [0.1, 0.15) is 17.2 Å². The molecular weight excluding hydrogens is 316 g/mol. The minimum atomic E-state index is -0.0996. The summed E-state index contributed by atoms with van der Waals surface area (Å²) >= 11 is 0. The van der Waals surface area contributed by atoms with Crippen LogP contribution in [0.4, 0.5) is 0 Å². The zero-order valence-electron chi connectivity index (χ0n) is 15.0. The Morgan fingerprint density at radius 2 is 2.12 bits per heavy atom. The molecule has 2 atom stereocenters. The van der Waals surface area contributed by atoms with Crippen LogP contribution in [0.25, 0.3) is 0 Å². The Morgan fingerprint density at radius 3 is 2.80 bits per heavy atom. The van der Waals surface area contributed by atoms with Gasteiger partial charge < -0.3 is 14.3 Å². The van der Waals surface area contributed by atoms with Gasteiger partial charge >= 0.3 is 0 Å². The summed E-state index contributed by atoms with van der Waals surface area (Å²) in [5.74, 6) is 3.11. The number of furan rings is 1. The van der Waals surface area contributed by atoms with Gasteiger partial charge in [0.15, 0.2) is 5.78 Å². The number of fused-ring (bicyclic) bond motifs is 1. The summed E-state index contributed by atoms with van der Waals surface area (Å²) in [6.07, 6.45) is 3.44. The third-order valence-corrected chi connectivity index (χ3v) is 5.55. The van der Waals surface area contributed by atoms with Crippen molar-refractivity contribution in [3.63, 3.8) is 0 Å². The highest BCUT2D eigenvalue weighted by molar-refractivity contribution is 6.04. The van der Waals surface area contributed by atoms with Gasteiger partial charge in [0, 0.05) is 30.6 Å². The Kier molecular flexibility index (Phi) is 3.82. The van der Waals surface area contributed by atoms with Crippen molar-refractivity contribution < 1.29 is 14.0 Å². The molecule has 1 amide bonds. The number of H-pyrrole nitrogens is 1. The molecule has 0 saturated heterocycles. The Balaban J connectivity index is 1.51. The summed E-state index contributed by atoms with van der Waals surface area (Å²) in [5.41, 5.74) is 2.95. The van der Waals surface area contributed by atoms with Crippen LogP contribution in [0.3, 0.4) is 0 Å². The maximum Gasteiger partial charge on any atom is 0.270 e. The molecule has 1 fully saturated rings. The van der Waals surface area contributed by atoms with E-state index >= 15 is 0 Å². The van der Waals surface area contributed by atoms with E-state index in [0.29, 0.717) is 30.5 Å². The molecule has 1 N–H and O–H groups in total. The lowest BCUT2D eigenvalue weighted by Gasteiger charge is -2.15. The number of rotatable bonds is 4. The Labute approximate surface area is 147 Å². The normalized spacial score (nSPS) is 22.0. The van der Waals surface area contributed by atoms with Crippen LogP contribution >= 0.6 is 0 Å². The number of ketones is 1. The highest BCUT2D eigenvalue weighted by Crippen LogP contribution is 2.47. The molecule has 4 rings (SSSR count). The largest absolute Gasteiger partial charge is 0.464 e. The zero-order chi connectivity index (χ0) is 17.7. The molecule has 2 aliphatic carbocycles. The summed E-state index contributed by atoms with van der Waals surface area (Å²) in [4.78, 5) is 29.8. The fraction of sp³-hybridized carbons (Fsp3) is 0.500. The standard InChI is InChI=1S/C20H24N2O3/c1-11-9-14(11)17-8-7-13(25-17)10-22(3)20(24)19-12(2)18-15(21-19)5-4-6-16(18)23/h7-8,11,14,21H,4-6,9-10H2,1-3H3/t11-,14+/m0/s1. The predicted molar refractivity (Wildman–Crippen MR) is 93.8 cm³/mol. The van der Waals surface area contributed by atoms with Crippen LogP contribution in [-0.4, -0.2) is 28.6 Å². The smallest absolute Gasteiger partial charge is 0.270 e. The van der Waals surface area contributed by atoms with E-state index in [-0.39, 0.29) is 11.7 Å². The molecule has 2 aliphatic rings. The minimum Gasteiger partial charge on any atom is -0.464 e. The molecule has 1 saturated carbocycles. The number of hydrogen-bond acceptors (Lipinski definition) is 3. The number of nitrogens with zero attached hydrogens (tertiary/aromatic N) is 1. The Bertz CT molecular complexity index is 845. The van der Waals surface area contributed by atoms with E-state index < -0.39 is 0 Å². The molecule has 132 valence electrons. The van der Waals surface area contributed by atoms with Crippen molar-refractivity contribution in [3.8, 4) is 0 Å². The van der Waals surface area contributed by atoms with Crippen molar-refractivity contribution in [2.45, 2.75) is 52.0 Å². The van der Waals surface area contributed by atoms with E-state index in [1.165, 1.54) is 6.42 Å². The molecular formula is C20H24N2O3. The molecule has 0 bridgehead atoms. The van der Waals surface area contributed by atoms with Gasteiger partial charge in [-0.3, -0.25) is 9.59 Å². The van der Waals surface area contributed by atoms with Crippen molar-refractivity contribution in [2.75, 3.05) is 7.05 Å². The average molecular weight is 340 g/mol. The number of aromatic amines is 1. The number of nitrogens with one attached hydrogen (secondary N) is 1.